The van der Waals surface area contributed by atoms with Gasteiger partial charge < -0.3 is 20.9 Å². The highest BCUT2D eigenvalue weighted by atomic mass is 16.5. The maximum atomic E-state index is 11.2. The van der Waals surface area contributed by atoms with E-state index in [1.165, 1.54) is 0 Å². The van der Waals surface area contributed by atoms with E-state index < -0.39 is 12.1 Å². The number of ether oxygens (including phenoxy) is 2. The Balaban J connectivity index is 2.13. The molecular formula is C25H34N6O4. The molecule has 0 heterocycles. The van der Waals surface area contributed by atoms with Crippen LogP contribution in [0.2, 0.25) is 0 Å². The Hall–Kier alpha value is -4.08. The Morgan fingerprint density at radius 2 is 1.09 bits per heavy atom. The summed E-state index contributed by atoms with van der Waals surface area (Å²) in [6, 6.07) is 13.5. The van der Waals surface area contributed by atoms with Gasteiger partial charge in [-0.05, 0) is 91.8 Å². The summed E-state index contributed by atoms with van der Waals surface area (Å²) < 4.78 is 11.3. The molecule has 10 nitrogen and oxygen atoms in total. The van der Waals surface area contributed by atoms with Crippen LogP contribution in [0, 0.1) is 0 Å². The van der Waals surface area contributed by atoms with Gasteiger partial charge in [0, 0.05) is 0 Å². The molecule has 2 aromatic rings. The number of hydrogen-bond acceptors (Lipinski definition) is 6. The van der Waals surface area contributed by atoms with Crippen LogP contribution in [-0.2, 0) is 0 Å². The van der Waals surface area contributed by atoms with E-state index in [0.717, 1.165) is 35.5 Å². The van der Waals surface area contributed by atoms with Gasteiger partial charge in [0.1, 0.15) is 11.5 Å². The fraction of sp³-hybridized carbons (Fsp3) is 0.360. The van der Waals surface area contributed by atoms with E-state index >= 15 is 0 Å². The fourth-order valence-electron chi connectivity index (χ4n) is 3.12. The number of nitrogens with one attached hydrogen (secondary N) is 2. The zero-order valence-corrected chi connectivity index (χ0v) is 20.3. The molecule has 2 aromatic carbocycles. The Morgan fingerprint density at radius 1 is 0.714 bits per heavy atom. The van der Waals surface area contributed by atoms with Gasteiger partial charge in [-0.2, -0.15) is 10.2 Å². The monoisotopic (exact) mass is 482 g/mol. The number of nitrogens with two attached hydrogens (primary N) is 2. The SMILES string of the molecule is CCCOc1ccc(C(CCCC(=NNC(N)=O)c2ccc(OCCC)cc2)=NNC(N)=O)cc1. The minimum Gasteiger partial charge on any atom is -0.494 e. The largest absolute Gasteiger partial charge is 0.494 e. The van der Waals surface area contributed by atoms with Crippen LogP contribution >= 0.6 is 0 Å². The predicted octanol–water partition coefficient (Wildman–Crippen LogP) is 3.88. The first-order valence-corrected chi connectivity index (χ1v) is 11.6. The van der Waals surface area contributed by atoms with Crippen molar-refractivity contribution in [1.29, 1.82) is 0 Å². The van der Waals surface area contributed by atoms with Crippen LogP contribution < -0.4 is 31.8 Å². The molecule has 4 amide bonds. The third kappa shape index (κ3) is 10.2. The molecule has 0 spiro atoms. The summed E-state index contributed by atoms with van der Waals surface area (Å²) >= 11 is 0. The van der Waals surface area contributed by atoms with Crippen molar-refractivity contribution in [1.82, 2.24) is 10.9 Å². The van der Waals surface area contributed by atoms with Crippen LogP contribution in [0.4, 0.5) is 9.59 Å². The summed E-state index contributed by atoms with van der Waals surface area (Å²) in [4.78, 5) is 22.4. The van der Waals surface area contributed by atoms with Crippen molar-refractivity contribution in [3.63, 3.8) is 0 Å². The molecular weight excluding hydrogens is 448 g/mol. The highest BCUT2D eigenvalue weighted by Gasteiger charge is 2.10. The Bertz CT molecular complexity index is 922. The second-order valence-electron chi connectivity index (χ2n) is 7.67. The lowest BCUT2D eigenvalue weighted by atomic mass is 10.0. The Kier molecular flexibility index (Phi) is 11.6. The van der Waals surface area contributed by atoms with Crippen LogP contribution in [-0.4, -0.2) is 36.7 Å². The summed E-state index contributed by atoms with van der Waals surface area (Å²) in [5.74, 6) is 1.52. The average molecular weight is 483 g/mol. The van der Waals surface area contributed by atoms with Gasteiger partial charge in [-0.1, -0.05) is 13.8 Å². The van der Waals surface area contributed by atoms with E-state index in [1.807, 2.05) is 62.4 Å². The second kappa shape index (κ2) is 14.9. The molecule has 0 atom stereocenters. The predicted molar refractivity (Wildman–Crippen MR) is 137 cm³/mol. The van der Waals surface area contributed by atoms with Crippen molar-refractivity contribution in [3.05, 3.63) is 59.7 Å². The molecule has 0 saturated carbocycles. The molecule has 0 aromatic heterocycles. The van der Waals surface area contributed by atoms with E-state index in [1.54, 1.807) is 0 Å². The van der Waals surface area contributed by atoms with Crippen molar-refractivity contribution in [2.24, 2.45) is 21.7 Å². The topological polar surface area (TPSA) is 153 Å². The third-order valence-corrected chi connectivity index (χ3v) is 4.75. The number of hydrogen-bond donors (Lipinski definition) is 4. The maximum Gasteiger partial charge on any atom is 0.332 e. The van der Waals surface area contributed by atoms with E-state index in [-0.39, 0.29) is 0 Å². The number of urea groups is 2. The highest BCUT2D eigenvalue weighted by Crippen LogP contribution is 2.18. The fourth-order valence-corrected chi connectivity index (χ4v) is 3.12. The molecule has 0 bridgehead atoms. The number of carbonyl (C=O) groups is 2. The van der Waals surface area contributed by atoms with Crippen LogP contribution in [0.5, 0.6) is 11.5 Å². The summed E-state index contributed by atoms with van der Waals surface area (Å²) in [5, 5.41) is 8.35. The number of primary amides is 2. The lowest BCUT2D eigenvalue weighted by Crippen LogP contribution is -2.26. The molecule has 0 unspecified atom stereocenters. The first kappa shape index (κ1) is 27.2. The van der Waals surface area contributed by atoms with Crippen LogP contribution in [0.1, 0.15) is 57.1 Å². The van der Waals surface area contributed by atoms with Gasteiger partial charge in [-0.15, -0.1) is 0 Å². The zero-order valence-electron chi connectivity index (χ0n) is 20.3. The first-order chi connectivity index (χ1) is 16.9. The Labute approximate surface area is 205 Å². The Morgan fingerprint density at radius 3 is 1.40 bits per heavy atom. The van der Waals surface area contributed by atoms with Gasteiger partial charge in [0.15, 0.2) is 0 Å². The van der Waals surface area contributed by atoms with Crippen molar-refractivity contribution in [3.8, 4) is 11.5 Å². The summed E-state index contributed by atoms with van der Waals surface area (Å²) in [7, 11) is 0. The van der Waals surface area contributed by atoms with Gasteiger partial charge in [-0.3, -0.25) is 0 Å². The molecule has 35 heavy (non-hydrogen) atoms. The number of carbonyl (C=O) groups excluding carboxylic acids is 2. The molecule has 0 radical (unpaired) electrons. The molecule has 0 aliphatic carbocycles. The number of rotatable bonds is 14. The third-order valence-electron chi connectivity index (χ3n) is 4.75. The lowest BCUT2D eigenvalue weighted by Gasteiger charge is -2.11. The van der Waals surface area contributed by atoms with E-state index in [2.05, 4.69) is 21.1 Å². The maximum absolute atomic E-state index is 11.2. The number of nitrogens with zero attached hydrogens (tertiary/aromatic N) is 2. The molecule has 2 rings (SSSR count). The smallest absolute Gasteiger partial charge is 0.332 e. The van der Waals surface area contributed by atoms with Crippen molar-refractivity contribution < 1.29 is 19.1 Å². The molecule has 0 saturated heterocycles. The number of benzene rings is 2. The van der Waals surface area contributed by atoms with Gasteiger partial charge in [0.05, 0.1) is 24.6 Å². The summed E-state index contributed by atoms with van der Waals surface area (Å²) in [5.41, 5.74) is 18.0. The summed E-state index contributed by atoms with van der Waals surface area (Å²) in [6.45, 7) is 5.35. The molecule has 10 heteroatoms. The normalized spacial score (nSPS) is 11.6. The first-order valence-electron chi connectivity index (χ1n) is 11.6. The zero-order chi connectivity index (χ0) is 25.5. The molecule has 188 valence electrons. The average Bonchev–Trinajstić information content (AvgIpc) is 2.86. The molecule has 0 aliphatic heterocycles. The standard InChI is InChI=1S/C25H34N6O4/c1-3-16-34-20-12-8-18(9-13-20)22(28-30-24(26)32)6-5-7-23(29-31-25(27)33)19-10-14-21(15-11-19)35-17-4-2/h8-15H,3-7,16-17H2,1-2H3,(H3,26,30,32)(H3,27,31,33). The number of hydrazone groups is 2. The highest BCUT2D eigenvalue weighted by molar-refractivity contribution is 6.03. The van der Waals surface area contributed by atoms with Gasteiger partial charge in [0.25, 0.3) is 0 Å². The van der Waals surface area contributed by atoms with E-state index in [9.17, 15) is 9.59 Å². The van der Waals surface area contributed by atoms with Crippen molar-refractivity contribution in [2.45, 2.75) is 46.0 Å². The minimum absolute atomic E-state index is 0.517. The lowest BCUT2D eigenvalue weighted by molar-refractivity contribution is 0.248. The van der Waals surface area contributed by atoms with E-state index in [0.29, 0.717) is 43.9 Å². The number of amides is 4. The van der Waals surface area contributed by atoms with Crippen LogP contribution in [0.15, 0.2) is 58.7 Å². The van der Waals surface area contributed by atoms with Crippen molar-refractivity contribution in [2.75, 3.05) is 13.2 Å². The second-order valence-corrected chi connectivity index (χ2v) is 7.67. The van der Waals surface area contributed by atoms with Crippen LogP contribution in [0.3, 0.4) is 0 Å². The summed E-state index contributed by atoms with van der Waals surface area (Å²) in [6.07, 6.45) is 3.49. The molecule has 0 fully saturated rings. The molecule has 0 aliphatic rings. The van der Waals surface area contributed by atoms with Gasteiger partial charge in [0.2, 0.25) is 0 Å². The van der Waals surface area contributed by atoms with E-state index in [4.69, 9.17) is 20.9 Å². The van der Waals surface area contributed by atoms with Crippen LogP contribution in [0.25, 0.3) is 0 Å². The van der Waals surface area contributed by atoms with Crippen molar-refractivity contribution >= 4 is 23.5 Å². The molecule has 6 N–H and O–H groups in total. The quantitative estimate of drug-likeness (QED) is 0.238. The van der Waals surface area contributed by atoms with Gasteiger partial charge in [-0.25, -0.2) is 20.4 Å². The van der Waals surface area contributed by atoms with Gasteiger partial charge >= 0.3 is 12.1 Å². The minimum atomic E-state index is -0.747.